The van der Waals surface area contributed by atoms with Crippen LogP contribution in [0.3, 0.4) is 0 Å². The van der Waals surface area contributed by atoms with Crippen molar-refractivity contribution in [1.29, 1.82) is 0 Å². The van der Waals surface area contributed by atoms with Crippen LogP contribution in [-0.2, 0) is 26.9 Å². The predicted octanol–water partition coefficient (Wildman–Crippen LogP) is 4.59. The second-order valence-electron chi connectivity index (χ2n) is 6.52. The maximum absolute atomic E-state index is 2.40. The van der Waals surface area contributed by atoms with Crippen molar-refractivity contribution in [2.24, 2.45) is 14.1 Å². The van der Waals surface area contributed by atoms with E-state index in [0.29, 0.717) is 5.92 Å². The fourth-order valence-corrected chi connectivity index (χ4v) is 3.62. The van der Waals surface area contributed by atoms with E-state index in [9.17, 15) is 0 Å². The lowest BCUT2D eigenvalue weighted by Crippen LogP contribution is -2.03. The summed E-state index contributed by atoms with van der Waals surface area (Å²) in [6.07, 6.45) is 5.76. The summed E-state index contributed by atoms with van der Waals surface area (Å²) in [6, 6.07) is 2.40. The third-order valence-electron chi connectivity index (χ3n) is 5.18. The number of aryl methyl sites for hydroxylation is 4. The van der Waals surface area contributed by atoms with Gasteiger partial charge >= 0.3 is 0 Å². The summed E-state index contributed by atoms with van der Waals surface area (Å²) in [6.45, 7) is 11.3. The SMILES string of the molecule is CCc1cc(CCC(C)c2c(C)cn(C)c2C)n(C)c1C. The summed E-state index contributed by atoms with van der Waals surface area (Å²) in [7, 11) is 4.35. The molecule has 0 spiro atoms. The number of hydrogen-bond donors (Lipinski definition) is 0. The zero-order valence-corrected chi connectivity index (χ0v) is 14.7. The van der Waals surface area contributed by atoms with E-state index in [1.807, 2.05) is 0 Å². The largest absolute Gasteiger partial charge is 0.354 e. The molecule has 2 aromatic rings. The molecule has 2 nitrogen and oxygen atoms in total. The van der Waals surface area contributed by atoms with Gasteiger partial charge in [-0.15, -0.1) is 0 Å². The highest BCUT2D eigenvalue weighted by atomic mass is 15.0. The summed E-state index contributed by atoms with van der Waals surface area (Å²) < 4.78 is 4.62. The maximum Gasteiger partial charge on any atom is 0.0178 e. The lowest BCUT2D eigenvalue weighted by molar-refractivity contribution is 0.643. The molecule has 21 heavy (non-hydrogen) atoms. The fourth-order valence-electron chi connectivity index (χ4n) is 3.62. The topological polar surface area (TPSA) is 9.86 Å². The van der Waals surface area contributed by atoms with Gasteiger partial charge < -0.3 is 9.13 Å². The van der Waals surface area contributed by atoms with Crippen molar-refractivity contribution in [3.05, 3.63) is 46.0 Å². The van der Waals surface area contributed by atoms with Gasteiger partial charge in [0.2, 0.25) is 0 Å². The van der Waals surface area contributed by atoms with Crippen molar-refractivity contribution < 1.29 is 0 Å². The van der Waals surface area contributed by atoms with Crippen LogP contribution in [-0.4, -0.2) is 9.13 Å². The molecule has 0 aliphatic rings. The van der Waals surface area contributed by atoms with Gasteiger partial charge in [0.1, 0.15) is 0 Å². The zero-order chi connectivity index (χ0) is 15.7. The molecule has 0 radical (unpaired) electrons. The Balaban J connectivity index is 2.13. The molecular weight excluding hydrogens is 256 g/mol. The van der Waals surface area contributed by atoms with E-state index in [2.05, 4.69) is 70.1 Å². The third kappa shape index (κ3) is 2.95. The first-order valence-corrected chi connectivity index (χ1v) is 8.13. The second-order valence-corrected chi connectivity index (χ2v) is 6.52. The number of hydrogen-bond acceptors (Lipinski definition) is 0. The lowest BCUT2D eigenvalue weighted by Gasteiger charge is -2.14. The number of rotatable bonds is 5. The summed E-state index contributed by atoms with van der Waals surface area (Å²) in [5.41, 5.74) is 8.78. The molecule has 2 heteroatoms. The molecule has 0 saturated carbocycles. The van der Waals surface area contributed by atoms with Crippen LogP contribution in [0.1, 0.15) is 60.0 Å². The highest BCUT2D eigenvalue weighted by Crippen LogP contribution is 2.29. The van der Waals surface area contributed by atoms with Gasteiger partial charge in [0, 0.05) is 37.4 Å². The van der Waals surface area contributed by atoms with Gasteiger partial charge in [0.25, 0.3) is 0 Å². The molecule has 0 N–H and O–H groups in total. The Morgan fingerprint density at radius 1 is 1.10 bits per heavy atom. The van der Waals surface area contributed by atoms with Gasteiger partial charge in [0.15, 0.2) is 0 Å². The van der Waals surface area contributed by atoms with Gasteiger partial charge in [-0.1, -0.05) is 13.8 Å². The third-order valence-corrected chi connectivity index (χ3v) is 5.18. The van der Waals surface area contributed by atoms with Crippen LogP contribution in [0.4, 0.5) is 0 Å². The summed E-state index contributed by atoms with van der Waals surface area (Å²) in [5.74, 6) is 0.617. The Morgan fingerprint density at radius 3 is 2.24 bits per heavy atom. The zero-order valence-electron chi connectivity index (χ0n) is 14.7. The summed E-state index contributed by atoms with van der Waals surface area (Å²) in [5, 5.41) is 0. The molecule has 2 heterocycles. The number of aromatic nitrogens is 2. The minimum Gasteiger partial charge on any atom is -0.354 e. The highest BCUT2D eigenvalue weighted by molar-refractivity contribution is 5.34. The van der Waals surface area contributed by atoms with Crippen molar-refractivity contribution in [1.82, 2.24) is 9.13 Å². The van der Waals surface area contributed by atoms with E-state index < -0.39 is 0 Å². The average Bonchev–Trinajstić information content (AvgIpc) is 2.86. The van der Waals surface area contributed by atoms with Crippen molar-refractivity contribution in [3.8, 4) is 0 Å². The van der Waals surface area contributed by atoms with Crippen LogP contribution in [0.5, 0.6) is 0 Å². The first-order valence-electron chi connectivity index (χ1n) is 8.13. The Morgan fingerprint density at radius 2 is 1.76 bits per heavy atom. The van der Waals surface area contributed by atoms with Gasteiger partial charge in [-0.2, -0.15) is 0 Å². The van der Waals surface area contributed by atoms with E-state index in [1.165, 1.54) is 34.6 Å². The van der Waals surface area contributed by atoms with Crippen molar-refractivity contribution in [3.63, 3.8) is 0 Å². The Bertz CT molecular complexity index is 629. The minimum absolute atomic E-state index is 0.617. The van der Waals surface area contributed by atoms with E-state index in [-0.39, 0.29) is 0 Å². The summed E-state index contributed by atoms with van der Waals surface area (Å²) in [4.78, 5) is 0. The van der Waals surface area contributed by atoms with Gasteiger partial charge in [0.05, 0.1) is 0 Å². The highest BCUT2D eigenvalue weighted by Gasteiger charge is 2.16. The molecule has 116 valence electrons. The summed E-state index contributed by atoms with van der Waals surface area (Å²) >= 11 is 0. The Kier molecular flexibility index (Phi) is 4.65. The Labute approximate surface area is 129 Å². The average molecular weight is 286 g/mol. The molecule has 0 bridgehead atoms. The van der Waals surface area contributed by atoms with Gasteiger partial charge in [-0.05, 0) is 68.7 Å². The molecule has 0 aliphatic carbocycles. The van der Waals surface area contributed by atoms with Crippen molar-refractivity contribution in [2.75, 3.05) is 0 Å². The van der Waals surface area contributed by atoms with Gasteiger partial charge in [-0.25, -0.2) is 0 Å². The van der Waals surface area contributed by atoms with Crippen molar-refractivity contribution in [2.45, 2.75) is 59.8 Å². The molecule has 0 saturated heterocycles. The molecule has 2 rings (SSSR count). The maximum atomic E-state index is 2.40. The van der Waals surface area contributed by atoms with E-state index >= 15 is 0 Å². The fraction of sp³-hybridized carbons (Fsp3) is 0.579. The first kappa shape index (κ1) is 15.9. The van der Waals surface area contributed by atoms with Crippen LogP contribution < -0.4 is 0 Å². The van der Waals surface area contributed by atoms with Crippen LogP contribution >= 0.6 is 0 Å². The van der Waals surface area contributed by atoms with Crippen molar-refractivity contribution >= 4 is 0 Å². The van der Waals surface area contributed by atoms with Crippen LogP contribution in [0.2, 0.25) is 0 Å². The Hall–Kier alpha value is -1.44. The van der Waals surface area contributed by atoms with Crippen LogP contribution in [0.25, 0.3) is 0 Å². The molecule has 1 atom stereocenters. The molecule has 1 unspecified atom stereocenters. The smallest absolute Gasteiger partial charge is 0.0178 e. The van der Waals surface area contributed by atoms with E-state index in [4.69, 9.17) is 0 Å². The van der Waals surface area contributed by atoms with Gasteiger partial charge in [-0.3, -0.25) is 0 Å². The molecule has 0 fully saturated rings. The normalized spacial score (nSPS) is 12.9. The van der Waals surface area contributed by atoms with Crippen LogP contribution in [0, 0.1) is 20.8 Å². The lowest BCUT2D eigenvalue weighted by atomic mass is 9.93. The number of nitrogens with zero attached hydrogens (tertiary/aromatic N) is 2. The van der Waals surface area contributed by atoms with E-state index in [0.717, 1.165) is 12.8 Å². The monoisotopic (exact) mass is 286 g/mol. The first-order chi connectivity index (χ1) is 9.86. The minimum atomic E-state index is 0.617. The predicted molar refractivity (Wildman–Crippen MR) is 91.2 cm³/mol. The standard InChI is InChI=1S/C19H30N2/c1-8-17-11-18(21(7)15(17)4)10-9-13(2)19-14(3)12-20(6)16(19)5/h11-13H,8-10H2,1-7H3. The molecule has 0 aromatic carbocycles. The second kappa shape index (κ2) is 6.13. The molecule has 2 aromatic heterocycles. The molecule has 0 aliphatic heterocycles. The quantitative estimate of drug-likeness (QED) is 0.761. The van der Waals surface area contributed by atoms with Crippen LogP contribution in [0.15, 0.2) is 12.3 Å². The molecular formula is C19H30N2. The molecule has 0 amide bonds. The van der Waals surface area contributed by atoms with E-state index in [1.54, 1.807) is 5.56 Å².